The summed E-state index contributed by atoms with van der Waals surface area (Å²) in [5.41, 5.74) is -7.88. The van der Waals surface area contributed by atoms with Gasteiger partial charge >= 0.3 is 45.6 Å². The first kappa shape index (κ1) is 31.1. The van der Waals surface area contributed by atoms with Crippen LogP contribution in [0.25, 0.3) is 0 Å². The molecule has 0 bridgehead atoms. The van der Waals surface area contributed by atoms with Crippen molar-refractivity contribution in [3.05, 3.63) is 58.7 Å². The highest BCUT2D eigenvalue weighted by Gasteiger charge is 2.28. The van der Waals surface area contributed by atoms with E-state index >= 15 is 0 Å². The normalized spacial score (nSPS) is 10.1. The SMILES string of the molecule is O=C(Cl)OC(=O)c1cccc(C(=O)OC(=O)Cl)c1SSc1c(C(=O)OC(=O)Cl)cccc1C(=O)OC(=O)Cl. The number of ether oxygens (including phenoxy) is 4. The van der Waals surface area contributed by atoms with Crippen LogP contribution in [0.4, 0.5) is 19.2 Å². The lowest BCUT2D eigenvalue weighted by Gasteiger charge is -2.14. The van der Waals surface area contributed by atoms with Crippen LogP contribution in [0.3, 0.4) is 0 Å². The molecule has 2 aromatic rings. The maximum atomic E-state index is 12.4. The standard InChI is InChI=1S/C20H6Cl4O12S2/c21-17(29)33-13(25)7-3-1-4-8(14(26)34-18(22)30)11(7)37-38-12-9(15(27)35-19(23)31)5-2-6-10(12)16(28)36-20(24)32/h1-6H. The molecule has 0 heterocycles. The summed E-state index contributed by atoms with van der Waals surface area (Å²) < 4.78 is 17.3. The zero-order chi connectivity index (χ0) is 28.6. The molecule has 0 aromatic heterocycles. The Morgan fingerprint density at radius 3 is 0.842 bits per heavy atom. The summed E-state index contributed by atoms with van der Waals surface area (Å²) >= 11 is 20.3. The first-order chi connectivity index (χ1) is 17.8. The van der Waals surface area contributed by atoms with E-state index in [9.17, 15) is 38.4 Å². The van der Waals surface area contributed by atoms with Crippen LogP contribution in [-0.4, -0.2) is 45.6 Å². The van der Waals surface area contributed by atoms with E-state index in [1.54, 1.807) is 0 Å². The maximum absolute atomic E-state index is 12.4. The van der Waals surface area contributed by atoms with E-state index in [0.717, 1.165) is 36.4 Å². The van der Waals surface area contributed by atoms with Gasteiger partial charge in [0.25, 0.3) is 0 Å². The Hall–Kier alpha value is -3.14. The van der Waals surface area contributed by atoms with Crippen molar-refractivity contribution < 1.29 is 57.3 Å². The van der Waals surface area contributed by atoms with Crippen molar-refractivity contribution in [2.75, 3.05) is 0 Å². The molecule has 0 saturated heterocycles. The first-order valence-corrected chi connectivity index (χ1v) is 12.7. The minimum absolute atomic E-state index is 0.326. The smallest absolute Gasteiger partial charge is 0.377 e. The number of esters is 4. The summed E-state index contributed by atoms with van der Waals surface area (Å²) in [7, 11) is 0.987. The van der Waals surface area contributed by atoms with Crippen LogP contribution in [0.2, 0.25) is 0 Å². The van der Waals surface area contributed by atoms with Crippen LogP contribution in [0, 0.1) is 0 Å². The fourth-order valence-electron chi connectivity index (χ4n) is 2.49. The number of hydrogen-bond donors (Lipinski definition) is 0. The van der Waals surface area contributed by atoms with Gasteiger partial charge in [-0.3, -0.25) is 0 Å². The molecule has 0 spiro atoms. The molecule has 0 aliphatic rings. The summed E-state index contributed by atoms with van der Waals surface area (Å²) in [6.07, 6.45) is 0. The second kappa shape index (κ2) is 14.1. The summed E-state index contributed by atoms with van der Waals surface area (Å²) in [4.78, 5) is 93.4. The Bertz CT molecular complexity index is 1180. The van der Waals surface area contributed by atoms with Gasteiger partial charge in [0.05, 0.1) is 22.3 Å². The van der Waals surface area contributed by atoms with Gasteiger partial charge in [-0.25, -0.2) is 38.4 Å². The van der Waals surface area contributed by atoms with Gasteiger partial charge in [0.15, 0.2) is 0 Å². The molecule has 0 saturated carbocycles. The topological polar surface area (TPSA) is 173 Å². The summed E-state index contributed by atoms with van der Waals surface area (Å²) in [6, 6.07) is 6.70. The minimum atomic E-state index is -1.52. The molecular formula is C20H6Cl4O12S2. The summed E-state index contributed by atoms with van der Waals surface area (Å²) in [5.74, 6) is -5.36. The third-order valence-electron chi connectivity index (χ3n) is 3.81. The number of hydrogen-bond acceptors (Lipinski definition) is 14. The Labute approximate surface area is 238 Å². The van der Waals surface area contributed by atoms with E-state index in [-0.39, 0.29) is 9.79 Å². The highest BCUT2D eigenvalue weighted by atomic mass is 35.5. The maximum Gasteiger partial charge on any atom is 0.411 e. The van der Waals surface area contributed by atoms with Crippen molar-refractivity contribution >= 4 is 114 Å². The van der Waals surface area contributed by atoms with E-state index in [1.807, 2.05) is 0 Å². The quantitative estimate of drug-likeness (QED) is 0.104. The number of halogens is 4. The number of rotatable bonds is 7. The second-order valence-corrected chi connectivity index (χ2v) is 9.42. The lowest BCUT2D eigenvalue weighted by atomic mass is 10.1. The molecular weight excluding hydrogens is 638 g/mol. The van der Waals surface area contributed by atoms with Crippen LogP contribution in [0.15, 0.2) is 46.2 Å². The third kappa shape index (κ3) is 8.72. The van der Waals surface area contributed by atoms with Gasteiger partial charge in [0, 0.05) is 56.2 Å². The average Bonchev–Trinajstić information content (AvgIpc) is 2.80. The molecule has 0 unspecified atom stereocenters. The predicted octanol–water partition coefficient (Wildman–Crippen LogP) is 6.55. The predicted molar refractivity (Wildman–Crippen MR) is 131 cm³/mol. The van der Waals surface area contributed by atoms with Gasteiger partial charge < -0.3 is 18.9 Å². The van der Waals surface area contributed by atoms with Crippen molar-refractivity contribution in [1.82, 2.24) is 0 Å². The Morgan fingerprint density at radius 2 is 0.658 bits per heavy atom. The van der Waals surface area contributed by atoms with Crippen molar-refractivity contribution in [2.24, 2.45) is 0 Å². The number of carbonyl (C=O) groups excluding carboxylic acids is 8. The lowest BCUT2D eigenvalue weighted by molar-refractivity contribution is 0.0631. The molecule has 2 aromatic carbocycles. The van der Waals surface area contributed by atoms with Gasteiger partial charge in [-0.15, -0.1) is 0 Å². The molecule has 198 valence electrons. The summed E-state index contributed by atoms with van der Waals surface area (Å²) in [6.45, 7) is 0. The molecule has 2 rings (SSSR count). The minimum Gasteiger partial charge on any atom is -0.377 e. The molecule has 38 heavy (non-hydrogen) atoms. The number of carbonyl (C=O) groups is 8. The monoisotopic (exact) mass is 642 g/mol. The molecule has 0 atom stereocenters. The second-order valence-electron chi connectivity index (χ2n) is 6.04. The average molecular weight is 644 g/mol. The fourth-order valence-corrected chi connectivity index (χ4v) is 5.48. The van der Waals surface area contributed by atoms with Crippen LogP contribution in [0.5, 0.6) is 0 Å². The van der Waals surface area contributed by atoms with Crippen molar-refractivity contribution in [2.45, 2.75) is 9.79 Å². The molecule has 0 radical (unpaired) electrons. The molecule has 0 fully saturated rings. The highest BCUT2D eigenvalue weighted by molar-refractivity contribution is 8.76. The van der Waals surface area contributed by atoms with Crippen LogP contribution >= 0.6 is 68.0 Å². The van der Waals surface area contributed by atoms with E-state index in [0.29, 0.717) is 21.6 Å². The first-order valence-electron chi connectivity index (χ1n) is 9.08. The van der Waals surface area contributed by atoms with Gasteiger partial charge in [0.2, 0.25) is 0 Å². The van der Waals surface area contributed by atoms with Crippen LogP contribution in [0.1, 0.15) is 41.4 Å². The summed E-state index contributed by atoms with van der Waals surface area (Å²) in [5, 5.41) is 0. The molecule has 0 N–H and O–H groups in total. The van der Waals surface area contributed by atoms with Gasteiger partial charge in [-0.1, -0.05) is 33.7 Å². The largest absolute Gasteiger partial charge is 0.411 e. The molecule has 18 heteroatoms. The lowest BCUT2D eigenvalue weighted by Crippen LogP contribution is -2.14. The van der Waals surface area contributed by atoms with E-state index in [1.165, 1.54) is 0 Å². The van der Waals surface area contributed by atoms with E-state index < -0.39 is 67.8 Å². The third-order valence-corrected chi connectivity index (χ3v) is 6.66. The Kier molecular flexibility index (Phi) is 11.6. The van der Waals surface area contributed by atoms with E-state index in [2.05, 4.69) is 18.9 Å². The zero-order valence-corrected chi connectivity index (χ0v) is 22.3. The van der Waals surface area contributed by atoms with Gasteiger partial charge in [-0.05, 0) is 24.3 Å². The molecule has 0 aliphatic heterocycles. The number of benzene rings is 2. The fraction of sp³-hybridized carbons (Fsp3) is 0. The van der Waals surface area contributed by atoms with Crippen molar-refractivity contribution in [3.63, 3.8) is 0 Å². The Morgan fingerprint density at radius 1 is 0.447 bits per heavy atom. The van der Waals surface area contributed by atoms with Gasteiger partial charge in [-0.2, -0.15) is 0 Å². The van der Waals surface area contributed by atoms with Crippen LogP contribution < -0.4 is 0 Å². The van der Waals surface area contributed by atoms with E-state index in [4.69, 9.17) is 46.4 Å². The molecule has 0 aliphatic carbocycles. The molecule has 0 amide bonds. The van der Waals surface area contributed by atoms with Crippen molar-refractivity contribution in [3.8, 4) is 0 Å². The van der Waals surface area contributed by atoms with Crippen LogP contribution in [-0.2, 0) is 18.9 Å². The molecule has 12 nitrogen and oxygen atoms in total. The highest BCUT2D eigenvalue weighted by Crippen LogP contribution is 2.44. The zero-order valence-electron chi connectivity index (χ0n) is 17.7. The van der Waals surface area contributed by atoms with Gasteiger partial charge in [0.1, 0.15) is 0 Å². The van der Waals surface area contributed by atoms with Crippen molar-refractivity contribution in [1.29, 1.82) is 0 Å². The Balaban J connectivity index is 2.66.